The van der Waals surface area contributed by atoms with Crippen molar-refractivity contribution in [3.05, 3.63) is 119 Å². The number of rotatable bonds is 1. The van der Waals surface area contributed by atoms with E-state index in [0.717, 1.165) is 12.8 Å². The van der Waals surface area contributed by atoms with Gasteiger partial charge in [-0.25, -0.2) is 0 Å². The number of aliphatic hydroxyl groups is 2. The molecule has 0 amide bonds. The van der Waals surface area contributed by atoms with Crippen LogP contribution in [0.1, 0.15) is 22.3 Å². The largest absolute Gasteiger partial charge is 0.179 e. The molecule has 0 aliphatic heterocycles. The summed E-state index contributed by atoms with van der Waals surface area (Å²) >= 11 is 12.6. The maximum atomic E-state index is 7.62. The van der Waals surface area contributed by atoms with E-state index in [0.29, 0.717) is 0 Å². The van der Waals surface area contributed by atoms with Crippen molar-refractivity contribution >= 4 is 48.9 Å². The second-order valence-corrected chi connectivity index (χ2v) is 30.1. The van der Waals surface area contributed by atoms with Gasteiger partial charge < -0.3 is 10.2 Å². The molecule has 0 unspecified atom stereocenters. The van der Waals surface area contributed by atoms with E-state index in [9.17, 15) is 0 Å². The first-order valence-electron chi connectivity index (χ1n) is 10.9. The maximum Gasteiger partial charge on any atom is -0.0253 e. The van der Waals surface area contributed by atoms with Gasteiger partial charge >= 0.3 is 85.9 Å². The average Bonchev–Trinajstić information content (AvgIpc) is 3.49. The van der Waals surface area contributed by atoms with Gasteiger partial charge in [0.15, 0.2) is 0 Å². The minimum atomic E-state index is -0.145. The van der Waals surface area contributed by atoms with Crippen molar-refractivity contribution in [2.45, 2.75) is 12.8 Å². The molecule has 0 saturated heterocycles. The molecule has 2 aliphatic rings. The van der Waals surface area contributed by atoms with E-state index in [1.54, 1.807) is 0 Å². The molecule has 0 spiro atoms. The Balaban J connectivity index is 0.000000187. The van der Waals surface area contributed by atoms with E-state index >= 15 is 0 Å². The van der Waals surface area contributed by atoms with Crippen LogP contribution in [0.15, 0.2) is 84.9 Å². The number of benzene rings is 4. The molecule has 0 radical (unpaired) electrons. The Bertz CT molecular complexity index is 1010. The summed E-state index contributed by atoms with van der Waals surface area (Å²) in [5.74, 6) is 0. The summed E-state index contributed by atoms with van der Waals surface area (Å²) in [7, 11) is 0. The van der Waals surface area contributed by atoms with Gasteiger partial charge in [0.1, 0.15) is 0 Å². The van der Waals surface area contributed by atoms with Crippen LogP contribution >= 0.6 is 48.9 Å². The summed E-state index contributed by atoms with van der Waals surface area (Å²) in [5.41, 5.74) is 11.0. The third-order valence-corrected chi connectivity index (χ3v) is 5.33. The topological polar surface area (TPSA) is 40.5 Å². The number of hydrogen-bond acceptors (Lipinski definition) is 2. The second-order valence-electron chi connectivity index (χ2n) is 7.38. The zero-order valence-corrected chi connectivity index (χ0v) is 30.6. The van der Waals surface area contributed by atoms with Crippen molar-refractivity contribution in [2.24, 2.45) is 0 Å². The molecule has 2 aliphatic carbocycles. The molecule has 2 nitrogen and oxygen atoms in total. The standard InChI is InChI=1S/2C13H9.C2H6O2.4BrH.2Zr/c2*1-3-7-12-10(5-1)9-11-6-2-4-8-13(11)12;3-1-2-4;;;;;;/h2*1-5,7-8H,9H2;3-4H,1-2H2;4*1H;;/q2*-1;;;;;;2*+2/p-4. The molecule has 4 aromatic rings. The number of aliphatic hydroxyl groups excluding tert-OH is 2. The third-order valence-electron chi connectivity index (χ3n) is 5.33. The summed E-state index contributed by atoms with van der Waals surface area (Å²) in [6, 6.07) is 36.2. The molecule has 0 saturated carbocycles. The molecule has 0 bridgehead atoms. The zero-order valence-electron chi connectivity index (χ0n) is 19.3. The third kappa shape index (κ3) is 10.2. The van der Waals surface area contributed by atoms with Crippen molar-refractivity contribution in [3.63, 3.8) is 0 Å². The van der Waals surface area contributed by atoms with E-state index in [-0.39, 0.29) is 50.3 Å². The smallest absolute Gasteiger partial charge is 0.0253 e. The van der Waals surface area contributed by atoms with Crippen molar-refractivity contribution in [3.8, 4) is 22.3 Å². The van der Waals surface area contributed by atoms with Crippen LogP contribution in [0.4, 0.5) is 0 Å². The number of halogens is 4. The fourth-order valence-electron chi connectivity index (χ4n) is 4.00. The van der Waals surface area contributed by atoms with Crippen molar-refractivity contribution in [1.82, 2.24) is 0 Å². The quantitative estimate of drug-likeness (QED) is 0.163. The summed E-state index contributed by atoms with van der Waals surface area (Å²) in [4.78, 5) is 0. The fourth-order valence-corrected chi connectivity index (χ4v) is 4.00. The second kappa shape index (κ2) is 19.5. The predicted molar refractivity (Wildman–Crippen MR) is 157 cm³/mol. The summed E-state index contributed by atoms with van der Waals surface area (Å²) in [6.45, 7) is -0.250. The van der Waals surface area contributed by atoms with Gasteiger partial charge in [-0.15, -0.1) is 11.1 Å². The molecular weight excluding hydrogens is 870 g/mol. The summed E-state index contributed by atoms with van der Waals surface area (Å²) in [5, 5.41) is 15.2. The van der Waals surface area contributed by atoms with Crippen molar-refractivity contribution < 1.29 is 47.3 Å². The molecule has 4 aromatic carbocycles. The molecule has 8 heteroatoms. The minimum Gasteiger partial charge on any atom is -0.179 e. The minimum absolute atomic E-state index is 0.125. The molecular formula is C28H24Br4O2Zr2-2. The summed E-state index contributed by atoms with van der Waals surface area (Å²) < 4.78 is 0. The number of fused-ring (bicyclic) bond motifs is 6. The molecule has 0 aromatic heterocycles. The zero-order chi connectivity index (χ0) is 26.2. The van der Waals surface area contributed by atoms with Gasteiger partial charge in [-0.2, -0.15) is 59.7 Å². The van der Waals surface area contributed by atoms with E-state index in [2.05, 4.69) is 134 Å². The van der Waals surface area contributed by atoms with Crippen LogP contribution < -0.4 is 0 Å². The molecule has 6 rings (SSSR count). The Kier molecular flexibility index (Phi) is 17.7. The van der Waals surface area contributed by atoms with Gasteiger partial charge in [-0.3, -0.25) is 0 Å². The maximum absolute atomic E-state index is 7.62. The van der Waals surface area contributed by atoms with Gasteiger partial charge in [-0.05, 0) is 12.8 Å². The van der Waals surface area contributed by atoms with Crippen LogP contribution in [0.5, 0.6) is 0 Å². The Hall–Kier alpha value is 0.486. The first-order valence-corrected chi connectivity index (χ1v) is 33.4. The van der Waals surface area contributed by atoms with Gasteiger partial charge in [0, 0.05) is 0 Å². The molecule has 186 valence electrons. The first-order chi connectivity index (χ1) is 17.6. The normalized spacial score (nSPS) is 10.5. The Morgan fingerprint density at radius 3 is 1.25 bits per heavy atom. The van der Waals surface area contributed by atoms with Crippen molar-refractivity contribution in [2.75, 3.05) is 13.2 Å². The van der Waals surface area contributed by atoms with Crippen LogP contribution in [0.25, 0.3) is 22.3 Å². The first kappa shape index (κ1) is 32.7. The van der Waals surface area contributed by atoms with Gasteiger partial charge in [0.25, 0.3) is 0 Å². The number of hydrogen-bond donors (Lipinski definition) is 2. The van der Waals surface area contributed by atoms with E-state index in [4.69, 9.17) is 10.2 Å². The molecule has 0 heterocycles. The Morgan fingerprint density at radius 1 is 0.556 bits per heavy atom. The van der Waals surface area contributed by atoms with E-state index in [1.807, 2.05) is 12.1 Å². The van der Waals surface area contributed by atoms with Crippen LogP contribution in [-0.2, 0) is 49.9 Å². The monoisotopic (exact) mass is 888 g/mol. The summed E-state index contributed by atoms with van der Waals surface area (Å²) in [6.07, 6.45) is 2.10. The SMILES string of the molecule is OCCO.[Br][Zr][Br].[Br][Zr][Br].[c-]1cccc2c1Cc1ccccc1-2.[c-]1cccc2c1Cc1ccccc1-2. The Morgan fingerprint density at radius 2 is 0.889 bits per heavy atom. The molecule has 0 fully saturated rings. The molecule has 36 heavy (non-hydrogen) atoms. The van der Waals surface area contributed by atoms with Gasteiger partial charge in [0.2, 0.25) is 0 Å². The van der Waals surface area contributed by atoms with Gasteiger partial charge in [0.05, 0.1) is 13.2 Å². The van der Waals surface area contributed by atoms with Crippen LogP contribution in [-0.4, -0.2) is 23.4 Å². The van der Waals surface area contributed by atoms with Crippen LogP contribution in [0.2, 0.25) is 0 Å². The van der Waals surface area contributed by atoms with E-state index < -0.39 is 0 Å². The van der Waals surface area contributed by atoms with Crippen LogP contribution in [0.3, 0.4) is 0 Å². The van der Waals surface area contributed by atoms with Gasteiger partial charge in [-0.1, -0.05) is 70.8 Å². The van der Waals surface area contributed by atoms with Crippen LogP contribution in [0, 0.1) is 12.1 Å². The Labute approximate surface area is 260 Å². The van der Waals surface area contributed by atoms with E-state index in [1.165, 1.54) is 44.5 Å². The molecule has 0 atom stereocenters. The molecule has 2 N–H and O–H groups in total. The predicted octanol–water partition coefficient (Wildman–Crippen LogP) is 8.46. The van der Waals surface area contributed by atoms with Crippen molar-refractivity contribution in [1.29, 1.82) is 0 Å². The average molecular weight is 895 g/mol. The fraction of sp³-hybridized carbons (Fsp3) is 0.143.